The molecule has 0 aliphatic rings. The molecule has 1 atom stereocenters. The van der Waals surface area contributed by atoms with Crippen molar-refractivity contribution in [2.75, 3.05) is 5.75 Å². The SMILES string of the molecule is CC(CS(=O)(=O)O)(NC(=O)Cc1ccccc1)c1ccccc1.[NaH]. The molecule has 1 amide bonds. The molecule has 2 aromatic carbocycles. The van der Waals surface area contributed by atoms with Gasteiger partial charge < -0.3 is 5.32 Å². The fourth-order valence-electron chi connectivity index (χ4n) is 2.50. The number of hydrogen-bond donors (Lipinski definition) is 2. The van der Waals surface area contributed by atoms with Gasteiger partial charge in [0.05, 0.1) is 12.0 Å². The van der Waals surface area contributed by atoms with Gasteiger partial charge in [0, 0.05) is 0 Å². The van der Waals surface area contributed by atoms with Crippen LogP contribution < -0.4 is 5.32 Å². The van der Waals surface area contributed by atoms with Crippen molar-refractivity contribution in [3.8, 4) is 0 Å². The summed E-state index contributed by atoms with van der Waals surface area (Å²) in [5, 5.41) is 2.74. The van der Waals surface area contributed by atoms with E-state index >= 15 is 0 Å². The van der Waals surface area contributed by atoms with Gasteiger partial charge in [-0.05, 0) is 18.1 Å². The molecule has 0 saturated heterocycles. The Labute approximate surface area is 164 Å². The Bertz CT molecular complexity index is 766. The molecule has 0 bridgehead atoms. The Kier molecular flexibility index (Phi) is 7.63. The summed E-state index contributed by atoms with van der Waals surface area (Å²) in [5.41, 5.74) is 0.229. The second kappa shape index (κ2) is 8.78. The summed E-state index contributed by atoms with van der Waals surface area (Å²) in [7, 11) is -4.26. The van der Waals surface area contributed by atoms with Gasteiger partial charge in [-0.2, -0.15) is 8.42 Å². The van der Waals surface area contributed by atoms with Crippen LogP contribution >= 0.6 is 0 Å². The third kappa shape index (κ3) is 6.37. The molecular weight excluding hydrogens is 337 g/mol. The van der Waals surface area contributed by atoms with Crippen molar-refractivity contribution in [2.45, 2.75) is 18.9 Å². The molecule has 0 heterocycles. The van der Waals surface area contributed by atoms with Crippen LogP contribution in [0.5, 0.6) is 0 Å². The summed E-state index contributed by atoms with van der Waals surface area (Å²) in [5.74, 6) is -0.906. The van der Waals surface area contributed by atoms with Crippen LogP contribution in [0.2, 0.25) is 0 Å². The van der Waals surface area contributed by atoms with E-state index in [1.807, 2.05) is 30.3 Å². The van der Waals surface area contributed by atoms with Crippen molar-refractivity contribution in [2.24, 2.45) is 0 Å². The van der Waals surface area contributed by atoms with E-state index in [0.29, 0.717) is 5.56 Å². The Balaban J connectivity index is 0.00000288. The van der Waals surface area contributed by atoms with Crippen LogP contribution in [-0.4, -0.2) is 54.2 Å². The molecule has 0 aliphatic carbocycles. The predicted octanol–water partition coefficient (Wildman–Crippen LogP) is 1.50. The Morgan fingerprint density at radius 1 is 1.04 bits per heavy atom. The fourth-order valence-corrected chi connectivity index (χ4v) is 3.46. The van der Waals surface area contributed by atoms with Crippen LogP contribution in [0.3, 0.4) is 0 Å². The van der Waals surface area contributed by atoms with Crippen molar-refractivity contribution in [1.29, 1.82) is 0 Å². The molecule has 2 rings (SSSR count). The van der Waals surface area contributed by atoms with Crippen LogP contribution in [0.15, 0.2) is 60.7 Å². The van der Waals surface area contributed by atoms with Crippen LogP contribution in [0.25, 0.3) is 0 Å². The number of carbonyl (C=O) groups is 1. The Hall–Kier alpha value is -1.18. The number of benzene rings is 2. The second-order valence-corrected chi connectivity index (χ2v) is 7.09. The first-order chi connectivity index (χ1) is 10.8. The van der Waals surface area contributed by atoms with Crippen molar-refractivity contribution in [1.82, 2.24) is 5.32 Å². The van der Waals surface area contributed by atoms with Crippen molar-refractivity contribution in [3.05, 3.63) is 71.8 Å². The van der Waals surface area contributed by atoms with Gasteiger partial charge in [0.2, 0.25) is 5.91 Å². The molecule has 0 aromatic heterocycles. The summed E-state index contributed by atoms with van der Waals surface area (Å²) in [6, 6.07) is 17.9. The van der Waals surface area contributed by atoms with Gasteiger partial charge >= 0.3 is 29.6 Å². The molecule has 0 aliphatic heterocycles. The van der Waals surface area contributed by atoms with Gasteiger partial charge in [-0.25, -0.2) is 0 Å². The molecule has 2 N–H and O–H groups in total. The second-order valence-electron chi connectivity index (χ2n) is 5.63. The summed E-state index contributed by atoms with van der Waals surface area (Å²) >= 11 is 0. The molecule has 7 heteroatoms. The first-order valence-electron chi connectivity index (χ1n) is 7.14. The maximum atomic E-state index is 12.3. The van der Waals surface area contributed by atoms with Crippen LogP contribution in [-0.2, 0) is 26.9 Å². The summed E-state index contributed by atoms with van der Waals surface area (Å²) in [4.78, 5) is 12.3. The number of carbonyl (C=O) groups excluding carboxylic acids is 1. The van der Waals surface area contributed by atoms with E-state index in [-0.39, 0.29) is 41.9 Å². The normalized spacial score (nSPS) is 13.4. The van der Waals surface area contributed by atoms with Gasteiger partial charge in [0.1, 0.15) is 5.75 Å². The van der Waals surface area contributed by atoms with E-state index in [9.17, 15) is 17.8 Å². The zero-order valence-corrected chi connectivity index (χ0v) is 13.6. The summed E-state index contributed by atoms with van der Waals surface area (Å²) < 4.78 is 32.0. The third-order valence-electron chi connectivity index (χ3n) is 3.50. The number of nitrogens with one attached hydrogen (secondary N) is 1. The monoisotopic (exact) mass is 357 g/mol. The van der Waals surface area contributed by atoms with Crippen LogP contribution in [0, 0.1) is 0 Å². The van der Waals surface area contributed by atoms with E-state index in [1.54, 1.807) is 37.3 Å². The van der Waals surface area contributed by atoms with E-state index in [1.165, 1.54) is 0 Å². The molecule has 5 nitrogen and oxygen atoms in total. The quantitative estimate of drug-likeness (QED) is 0.606. The Morgan fingerprint density at radius 2 is 1.54 bits per heavy atom. The van der Waals surface area contributed by atoms with Gasteiger partial charge in [-0.1, -0.05) is 60.7 Å². The fraction of sp³-hybridized carbons (Fsp3) is 0.235. The van der Waals surface area contributed by atoms with E-state index in [4.69, 9.17) is 0 Å². The summed E-state index contributed by atoms with van der Waals surface area (Å²) in [6.07, 6.45) is 0.134. The zero-order chi connectivity index (χ0) is 16.9. The van der Waals surface area contributed by atoms with Gasteiger partial charge in [-0.3, -0.25) is 9.35 Å². The molecular formula is C17H20NNaO4S. The van der Waals surface area contributed by atoms with Crippen molar-refractivity contribution in [3.63, 3.8) is 0 Å². The van der Waals surface area contributed by atoms with Crippen molar-refractivity contribution < 1.29 is 17.8 Å². The molecule has 2 aromatic rings. The van der Waals surface area contributed by atoms with E-state index in [0.717, 1.165) is 5.56 Å². The average Bonchev–Trinajstić information content (AvgIpc) is 2.47. The first kappa shape index (κ1) is 20.9. The number of rotatable bonds is 6. The number of amides is 1. The van der Waals surface area contributed by atoms with Gasteiger partial charge in [-0.15, -0.1) is 0 Å². The average molecular weight is 357 g/mol. The molecule has 24 heavy (non-hydrogen) atoms. The van der Waals surface area contributed by atoms with Crippen LogP contribution in [0.4, 0.5) is 0 Å². The zero-order valence-electron chi connectivity index (χ0n) is 12.8. The first-order valence-corrected chi connectivity index (χ1v) is 8.75. The topological polar surface area (TPSA) is 83.5 Å². The molecule has 0 fully saturated rings. The van der Waals surface area contributed by atoms with Crippen molar-refractivity contribution >= 4 is 45.6 Å². The van der Waals surface area contributed by atoms with E-state index < -0.39 is 21.4 Å². The number of hydrogen-bond acceptors (Lipinski definition) is 3. The maximum absolute atomic E-state index is 12.3. The standard InChI is InChI=1S/C17H19NO4S.Na.H/c1-17(13-23(20,21)22,15-10-6-3-7-11-15)18-16(19)12-14-8-4-2-5-9-14;;/h2-11H,12-13H2,1H3,(H,18,19)(H,20,21,22);;. The molecule has 1 unspecified atom stereocenters. The van der Waals surface area contributed by atoms with Gasteiger partial charge in [0.15, 0.2) is 0 Å². The van der Waals surface area contributed by atoms with Gasteiger partial charge in [0.25, 0.3) is 10.1 Å². The van der Waals surface area contributed by atoms with E-state index in [2.05, 4.69) is 5.32 Å². The minimum atomic E-state index is -4.26. The summed E-state index contributed by atoms with van der Waals surface area (Å²) in [6.45, 7) is 1.58. The molecule has 0 saturated carbocycles. The molecule has 0 radical (unpaired) electrons. The minimum absolute atomic E-state index is 0. The Morgan fingerprint density at radius 3 is 2.04 bits per heavy atom. The molecule has 0 spiro atoms. The van der Waals surface area contributed by atoms with Crippen LogP contribution in [0.1, 0.15) is 18.1 Å². The molecule has 124 valence electrons. The predicted molar refractivity (Wildman–Crippen MR) is 95.6 cm³/mol. The third-order valence-corrected chi connectivity index (χ3v) is 4.45.